The second-order valence-electron chi connectivity index (χ2n) is 5.60. The number of rotatable bonds is 1. The summed E-state index contributed by atoms with van der Waals surface area (Å²) in [4.78, 5) is 13.2. The molecule has 0 unspecified atom stereocenters. The minimum Gasteiger partial charge on any atom is -0.385 e. The Bertz CT molecular complexity index is 642. The maximum absolute atomic E-state index is 11.4. The normalized spacial score (nSPS) is 18.2. The summed E-state index contributed by atoms with van der Waals surface area (Å²) in [7, 11) is 0. The molecule has 2 aromatic rings. The highest BCUT2D eigenvalue weighted by molar-refractivity contribution is 5.83. The van der Waals surface area contributed by atoms with Crippen LogP contribution >= 0.6 is 0 Å². The SMILES string of the molecule is CC(=O)N1CCC(O)(c2ccc3ccccc3c2)CC1. The van der Waals surface area contributed by atoms with Gasteiger partial charge >= 0.3 is 0 Å². The Labute approximate surface area is 118 Å². The molecule has 1 N–H and O–H groups in total. The van der Waals surface area contributed by atoms with Gasteiger partial charge in [-0.3, -0.25) is 4.79 Å². The van der Waals surface area contributed by atoms with Gasteiger partial charge in [-0.05, 0) is 35.2 Å². The number of hydrogen-bond donors (Lipinski definition) is 1. The van der Waals surface area contributed by atoms with E-state index in [-0.39, 0.29) is 5.91 Å². The van der Waals surface area contributed by atoms with Crippen molar-refractivity contribution in [3.8, 4) is 0 Å². The molecular formula is C17H19NO2. The molecule has 0 radical (unpaired) electrons. The molecule has 1 heterocycles. The van der Waals surface area contributed by atoms with E-state index in [4.69, 9.17) is 0 Å². The van der Waals surface area contributed by atoms with Crippen molar-refractivity contribution in [1.29, 1.82) is 0 Å². The first-order chi connectivity index (χ1) is 9.58. The fourth-order valence-electron chi connectivity index (χ4n) is 2.96. The standard InChI is InChI=1S/C17H19NO2/c1-13(19)18-10-8-17(20,9-11-18)16-7-6-14-4-2-3-5-15(14)12-16/h2-7,12,20H,8-11H2,1H3. The summed E-state index contributed by atoms with van der Waals surface area (Å²) in [6, 6.07) is 14.3. The molecule has 0 bridgehead atoms. The van der Waals surface area contributed by atoms with Crippen molar-refractivity contribution >= 4 is 16.7 Å². The third-order valence-electron chi connectivity index (χ3n) is 4.32. The maximum atomic E-state index is 11.4. The number of amides is 1. The lowest BCUT2D eigenvalue weighted by Crippen LogP contribution is -2.44. The molecule has 1 saturated heterocycles. The van der Waals surface area contributed by atoms with Crippen LogP contribution in [0.25, 0.3) is 10.8 Å². The van der Waals surface area contributed by atoms with Crippen LogP contribution in [0.4, 0.5) is 0 Å². The van der Waals surface area contributed by atoms with Crippen molar-refractivity contribution in [2.24, 2.45) is 0 Å². The molecule has 0 aliphatic carbocycles. The van der Waals surface area contributed by atoms with Crippen molar-refractivity contribution in [2.75, 3.05) is 13.1 Å². The molecule has 0 aromatic heterocycles. The van der Waals surface area contributed by atoms with E-state index in [0.717, 1.165) is 10.9 Å². The molecule has 3 rings (SSSR count). The molecule has 0 atom stereocenters. The average molecular weight is 269 g/mol. The van der Waals surface area contributed by atoms with E-state index in [0.29, 0.717) is 25.9 Å². The van der Waals surface area contributed by atoms with Gasteiger partial charge in [-0.15, -0.1) is 0 Å². The number of piperidine rings is 1. The monoisotopic (exact) mass is 269 g/mol. The third kappa shape index (κ3) is 2.29. The van der Waals surface area contributed by atoms with Gasteiger partial charge in [0.25, 0.3) is 0 Å². The van der Waals surface area contributed by atoms with Crippen LogP contribution in [0.5, 0.6) is 0 Å². The average Bonchev–Trinajstić information content (AvgIpc) is 2.47. The summed E-state index contributed by atoms with van der Waals surface area (Å²) < 4.78 is 0. The first-order valence-corrected chi connectivity index (χ1v) is 7.06. The van der Waals surface area contributed by atoms with Crippen molar-refractivity contribution in [1.82, 2.24) is 4.90 Å². The number of fused-ring (bicyclic) bond motifs is 1. The number of likely N-dealkylation sites (tertiary alicyclic amines) is 1. The van der Waals surface area contributed by atoms with Gasteiger partial charge in [0.15, 0.2) is 0 Å². The van der Waals surface area contributed by atoms with Crippen molar-refractivity contribution in [2.45, 2.75) is 25.4 Å². The van der Waals surface area contributed by atoms with Crippen molar-refractivity contribution in [3.63, 3.8) is 0 Å². The topological polar surface area (TPSA) is 40.5 Å². The molecule has 1 aliphatic rings. The lowest BCUT2D eigenvalue weighted by molar-refractivity contribution is -0.133. The molecule has 1 fully saturated rings. The predicted octanol–water partition coefficient (Wildman–Crippen LogP) is 2.67. The summed E-state index contributed by atoms with van der Waals surface area (Å²) in [6.07, 6.45) is 1.20. The van der Waals surface area contributed by atoms with E-state index in [2.05, 4.69) is 24.3 Å². The van der Waals surface area contributed by atoms with Crippen LogP contribution in [0.15, 0.2) is 42.5 Å². The summed E-state index contributed by atoms with van der Waals surface area (Å²) in [5, 5.41) is 13.2. The molecule has 1 amide bonds. The van der Waals surface area contributed by atoms with Crippen LogP contribution in [0.2, 0.25) is 0 Å². The van der Waals surface area contributed by atoms with Gasteiger partial charge in [0.2, 0.25) is 5.91 Å². The van der Waals surface area contributed by atoms with E-state index in [1.54, 1.807) is 11.8 Å². The Morgan fingerprint density at radius 3 is 2.40 bits per heavy atom. The highest BCUT2D eigenvalue weighted by Crippen LogP contribution is 2.34. The van der Waals surface area contributed by atoms with E-state index in [1.165, 1.54) is 5.39 Å². The smallest absolute Gasteiger partial charge is 0.219 e. The first-order valence-electron chi connectivity index (χ1n) is 7.06. The molecule has 20 heavy (non-hydrogen) atoms. The largest absolute Gasteiger partial charge is 0.385 e. The van der Waals surface area contributed by atoms with Gasteiger partial charge < -0.3 is 10.0 Å². The molecule has 2 aromatic carbocycles. The van der Waals surface area contributed by atoms with E-state index < -0.39 is 5.60 Å². The Morgan fingerprint density at radius 1 is 1.10 bits per heavy atom. The van der Waals surface area contributed by atoms with Crippen molar-refractivity contribution < 1.29 is 9.90 Å². The number of carbonyl (C=O) groups is 1. The molecule has 0 saturated carbocycles. The van der Waals surface area contributed by atoms with Crippen LogP contribution in [-0.2, 0) is 10.4 Å². The highest BCUT2D eigenvalue weighted by atomic mass is 16.3. The lowest BCUT2D eigenvalue weighted by atomic mass is 9.83. The third-order valence-corrected chi connectivity index (χ3v) is 4.32. The Hall–Kier alpha value is -1.87. The van der Waals surface area contributed by atoms with Crippen molar-refractivity contribution in [3.05, 3.63) is 48.0 Å². The van der Waals surface area contributed by atoms with Crippen LogP contribution < -0.4 is 0 Å². The Kier molecular flexibility index (Phi) is 3.22. The van der Waals surface area contributed by atoms with Gasteiger partial charge in [0, 0.05) is 20.0 Å². The molecule has 104 valence electrons. The quantitative estimate of drug-likeness (QED) is 0.864. The Balaban J connectivity index is 1.89. The van der Waals surface area contributed by atoms with Crippen LogP contribution in [0, 0.1) is 0 Å². The van der Waals surface area contributed by atoms with Gasteiger partial charge in [-0.1, -0.05) is 36.4 Å². The summed E-state index contributed by atoms with van der Waals surface area (Å²) in [6.45, 7) is 2.83. The zero-order chi connectivity index (χ0) is 14.2. The minimum atomic E-state index is -0.810. The number of nitrogens with zero attached hydrogens (tertiary/aromatic N) is 1. The second-order valence-corrected chi connectivity index (χ2v) is 5.60. The highest BCUT2D eigenvalue weighted by Gasteiger charge is 2.34. The maximum Gasteiger partial charge on any atom is 0.219 e. The zero-order valence-electron chi connectivity index (χ0n) is 11.7. The van der Waals surface area contributed by atoms with E-state index >= 15 is 0 Å². The summed E-state index contributed by atoms with van der Waals surface area (Å²) in [5.74, 6) is 0.0885. The molecular weight excluding hydrogens is 250 g/mol. The molecule has 3 heteroatoms. The Morgan fingerprint density at radius 2 is 1.75 bits per heavy atom. The fraction of sp³-hybridized carbons (Fsp3) is 0.353. The summed E-state index contributed by atoms with van der Waals surface area (Å²) in [5.41, 5.74) is 0.148. The van der Waals surface area contributed by atoms with Gasteiger partial charge in [-0.25, -0.2) is 0 Å². The summed E-state index contributed by atoms with van der Waals surface area (Å²) >= 11 is 0. The van der Waals surface area contributed by atoms with Crippen LogP contribution in [-0.4, -0.2) is 29.0 Å². The van der Waals surface area contributed by atoms with Crippen LogP contribution in [0.1, 0.15) is 25.3 Å². The predicted molar refractivity (Wildman–Crippen MR) is 79.3 cm³/mol. The minimum absolute atomic E-state index is 0.0885. The number of benzene rings is 2. The van der Waals surface area contributed by atoms with E-state index in [1.807, 2.05) is 18.2 Å². The first kappa shape index (κ1) is 13.1. The second kappa shape index (κ2) is 4.91. The van der Waals surface area contributed by atoms with Crippen LogP contribution in [0.3, 0.4) is 0 Å². The number of aliphatic hydroxyl groups is 1. The number of hydrogen-bond acceptors (Lipinski definition) is 2. The molecule has 1 aliphatic heterocycles. The molecule has 3 nitrogen and oxygen atoms in total. The van der Waals surface area contributed by atoms with Gasteiger partial charge in [-0.2, -0.15) is 0 Å². The fourth-order valence-corrected chi connectivity index (χ4v) is 2.96. The van der Waals surface area contributed by atoms with Gasteiger partial charge in [0.05, 0.1) is 5.60 Å². The number of carbonyl (C=O) groups excluding carboxylic acids is 1. The molecule has 0 spiro atoms. The lowest BCUT2D eigenvalue weighted by Gasteiger charge is -2.38. The van der Waals surface area contributed by atoms with Gasteiger partial charge in [0.1, 0.15) is 0 Å². The zero-order valence-corrected chi connectivity index (χ0v) is 11.7. The van der Waals surface area contributed by atoms with E-state index in [9.17, 15) is 9.90 Å².